The molecular weight excluding hydrogens is 402 g/mol. The van der Waals surface area contributed by atoms with Crippen molar-refractivity contribution in [3.63, 3.8) is 0 Å². The van der Waals surface area contributed by atoms with Crippen molar-refractivity contribution in [2.24, 2.45) is 5.92 Å². The topological polar surface area (TPSA) is 68.7 Å². The first-order chi connectivity index (χ1) is 15.6. The number of carboxylic acids is 1. The molecular formula is C27H29NO4. The van der Waals surface area contributed by atoms with Crippen molar-refractivity contribution in [2.45, 2.75) is 45.1 Å². The fourth-order valence-corrected chi connectivity index (χ4v) is 4.37. The van der Waals surface area contributed by atoms with Gasteiger partial charge in [-0.25, -0.2) is 4.79 Å². The molecule has 166 valence electrons. The van der Waals surface area contributed by atoms with E-state index in [0.29, 0.717) is 41.8 Å². The van der Waals surface area contributed by atoms with Crippen LogP contribution in [-0.2, 0) is 13.0 Å². The molecule has 0 spiro atoms. The van der Waals surface area contributed by atoms with E-state index < -0.39 is 5.97 Å². The summed E-state index contributed by atoms with van der Waals surface area (Å²) in [5.74, 6) is 1.10. The van der Waals surface area contributed by atoms with Crippen LogP contribution in [0.15, 0.2) is 60.7 Å². The largest absolute Gasteiger partial charge is 0.497 e. The molecule has 5 heteroatoms. The third kappa shape index (κ3) is 5.28. The summed E-state index contributed by atoms with van der Waals surface area (Å²) in [7, 11) is 1.62. The van der Waals surface area contributed by atoms with Gasteiger partial charge >= 0.3 is 5.97 Å². The van der Waals surface area contributed by atoms with E-state index >= 15 is 0 Å². The number of methoxy groups -OCH3 is 1. The van der Waals surface area contributed by atoms with Gasteiger partial charge in [-0.3, -0.25) is 4.98 Å². The Labute approximate surface area is 189 Å². The van der Waals surface area contributed by atoms with Crippen molar-refractivity contribution < 1.29 is 19.4 Å². The molecule has 4 rings (SSSR count). The number of rotatable bonds is 9. The molecule has 1 fully saturated rings. The van der Waals surface area contributed by atoms with E-state index in [1.165, 1.54) is 25.7 Å². The van der Waals surface area contributed by atoms with Crippen LogP contribution in [-0.4, -0.2) is 23.2 Å². The Morgan fingerprint density at radius 2 is 1.84 bits per heavy atom. The zero-order chi connectivity index (χ0) is 22.3. The van der Waals surface area contributed by atoms with Gasteiger partial charge in [0.05, 0.1) is 24.1 Å². The van der Waals surface area contributed by atoms with Crippen LogP contribution in [0, 0.1) is 5.92 Å². The molecule has 2 aromatic carbocycles. The lowest BCUT2D eigenvalue weighted by molar-refractivity contribution is 0.0695. The van der Waals surface area contributed by atoms with Gasteiger partial charge in [-0.2, -0.15) is 0 Å². The Balaban J connectivity index is 1.63. The number of aromatic carboxylic acids is 1. The minimum Gasteiger partial charge on any atom is -0.497 e. The van der Waals surface area contributed by atoms with E-state index in [-0.39, 0.29) is 5.56 Å². The number of pyridine rings is 1. The van der Waals surface area contributed by atoms with Gasteiger partial charge in [0, 0.05) is 11.6 Å². The smallest absolute Gasteiger partial charge is 0.337 e. The van der Waals surface area contributed by atoms with E-state index in [4.69, 9.17) is 14.5 Å². The summed E-state index contributed by atoms with van der Waals surface area (Å²) in [6.45, 7) is 0.419. The third-order valence-electron chi connectivity index (χ3n) is 6.17. The fourth-order valence-electron chi connectivity index (χ4n) is 4.37. The molecule has 1 aliphatic rings. The summed E-state index contributed by atoms with van der Waals surface area (Å²) in [5.41, 5.74) is 3.52. The van der Waals surface area contributed by atoms with Gasteiger partial charge < -0.3 is 14.6 Å². The van der Waals surface area contributed by atoms with Crippen molar-refractivity contribution in [3.05, 3.63) is 77.5 Å². The fraction of sp³-hybridized carbons (Fsp3) is 0.333. The molecule has 1 saturated carbocycles. The van der Waals surface area contributed by atoms with Crippen molar-refractivity contribution in [1.82, 2.24) is 4.98 Å². The number of aromatic nitrogens is 1. The van der Waals surface area contributed by atoms with Gasteiger partial charge in [0.1, 0.15) is 18.1 Å². The van der Waals surface area contributed by atoms with Crippen LogP contribution in [0.25, 0.3) is 11.3 Å². The number of ether oxygens (including phenoxy) is 2. The maximum Gasteiger partial charge on any atom is 0.337 e. The Kier molecular flexibility index (Phi) is 7.05. The lowest BCUT2D eigenvalue weighted by Gasteiger charge is -2.15. The summed E-state index contributed by atoms with van der Waals surface area (Å²) in [6.07, 6.45) is 6.68. The van der Waals surface area contributed by atoms with E-state index in [1.54, 1.807) is 19.2 Å². The van der Waals surface area contributed by atoms with E-state index in [2.05, 4.69) is 0 Å². The second-order valence-corrected chi connectivity index (χ2v) is 8.32. The number of hydrogen-bond donors (Lipinski definition) is 1. The second-order valence-electron chi connectivity index (χ2n) is 8.32. The van der Waals surface area contributed by atoms with Crippen molar-refractivity contribution in [3.8, 4) is 22.8 Å². The summed E-state index contributed by atoms with van der Waals surface area (Å²) >= 11 is 0. The number of aryl methyl sites for hydroxylation is 1. The lowest BCUT2D eigenvalue weighted by atomic mass is 9.98. The SMILES string of the molecule is COc1ccc(-c2ccc(C(=O)O)c(CCC3CCCC3)n2)c(OCc2ccccc2)c1. The van der Waals surface area contributed by atoms with Crippen LogP contribution in [0.5, 0.6) is 11.5 Å². The van der Waals surface area contributed by atoms with Crippen LogP contribution in [0.4, 0.5) is 0 Å². The van der Waals surface area contributed by atoms with Gasteiger partial charge in [-0.05, 0) is 48.6 Å². The molecule has 0 amide bonds. The van der Waals surface area contributed by atoms with Crippen molar-refractivity contribution in [1.29, 1.82) is 0 Å². The standard InChI is InChI=1S/C27H29NO4/c1-31-21-12-13-22(26(17-21)32-18-20-9-3-2-4-10-20)24-16-14-23(27(29)30)25(28-24)15-11-19-7-5-6-8-19/h2-4,9-10,12-14,16-17,19H,5-8,11,15,18H2,1H3,(H,29,30). The average Bonchev–Trinajstić information content (AvgIpc) is 3.35. The number of hydrogen-bond acceptors (Lipinski definition) is 4. The maximum atomic E-state index is 11.8. The minimum absolute atomic E-state index is 0.284. The van der Waals surface area contributed by atoms with E-state index in [0.717, 1.165) is 17.5 Å². The average molecular weight is 432 g/mol. The van der Waals surface area contributed by atoms with Gasteiger partial charge in [-0.1, -0.05) is 56.0 Å². The number of carboxylic acid groups (broad SMARTS) is 1. The Hall–Kier alpha value is -3.34. The molecule has 0 unspecified atom stereocenters. The zero-order valence-electron chi connectivity index (χ0n) is 18.4. The zero-order valence-corrected chi connectivity index (χ0v) is 18.4. The quantitative estimate of drug-likeness (QED) is 0.440. The molecule has 1 heterocycles. The molecule has 32 heavy (non-hydrogen) atoms. The van der Waals surface area contributed by atoms with E-state index in [9.17, 15) is 9.90 Å². The Morgan fingerprint density at radius 1 is 1.06 bits per heavy atom. The van der Waals surface area contributed by atoms with Gasteiger partial charge in [0.25, 0.3) is 0 Å². The molecule has 0 bridgehead atoms. The molecule has 0 atom stereocenters. The second kappa shape index (κ2) is 10.3. The molecule has 5 nitrogen and oxygen atoms in total. The number of benzene rings is 2. The summed E-state index contributed by atoms with van der Waals surface area (Å²) < 4.78 is 11.5. The van der Waals surface area contributed by atoms with Gasteiger partial charge in [0.15, 0.2) is 0 Å². The third-order valence-corrected chi connectivity index (χ3v) is 6.17. The highest BCUT2D eigenvalue weighted by Gasteiger charge is 2.19. The number of nitrogens with zero attached hydrogens (tertiary/aromatic N) is 1. The summed E-state index contributed by atoms with van der Waals surface area (Å²) in [4.78, 5) is 16.6. The summed E-state index contributed by atoms with van der Waals surface area (Å²) in [5, 5.41) is 9.67. The molecule has 1 aromatic heterocycles. The molecule has 0 saturated heterocycles. The van der Waals surface area contributed by atoms with Crippen LogP contribution in [0.2, 0.25) is 0 Å². The first-order valence-corrected chi connectivity index (χ1v) is 11.2. The maximum absolute atomic E-state index is 11.8. The lowest BCUT2D eigenvalue weighted by Crippen LogP contribution is -2.08. The molecule has 1 aliphatic carbocycles. The number of carbonyl (C=O) groups is 1. The van der Waals surface area contributed by atoms with Crippen LogP contribution < -0.4 is 9.47 Å². The molecule has 0 aliphatic heterocycles. The first-order valence-electron chi connectivity index (χ1n) is 11.2. The molecule has 3 aromatic rings. The predicted octanol–water partition coefficient (Wildman–Crippen LogP) is 6.16. The predicted molar refractivity (Wildman–Crippen MR) is 124 cm³/mol. The molecule has 1 N–H and O–H groups in total. The Morgan fingerprint density at radius 3 is 2.56 bits per heavy atom. The summed E-state index contributed by atoms with van der Waals surface area (Å²) in [6, 6.07) is 19.0. The van der Waals surface area contributed by atoms with Crippen LogP contribution in [0.1, 0.15) is 53.7 Å². The van der Waals surface area contributed by atoms with Crippen molar-refractivity contribution >= 4 is 5.97 Å². The monoisotopic (exact) mass is 431 g/mol. The molecule has 0 radical (unpaired) electrons. The minimum atomic E-state index is -0.930. The van der Waals surface area contributed by atoms with Crippen LogP contribution in [0.3, 0.4) is 0 Å². The van der Waals surface area contributed by atoms with E-state index in [1.807, 2.05) is 48.5 Å². The normalized spacial score (nSPS) is 13.8. The van der Waals surface area contributed by atoms with Gasteiger partial charge in [-0.15, -0.1) is 0 Å². The van der Waals surface area contributed by atoms with Gasteiger partial charge in [0.2, 0.25) is 0 Å². The first kappa shape index (κ1) is 21.9. The van der Waals surface area contributed by atoms with Crippen LogP contribution >= 0.6 is 0 Å². The highest BCUT2D eigenvalue weighted by atomic mass is 16.5. The highest BCUT2D eigenvalue weighted by Crippen LogP contribution is 2.34. The highest BCUT2D eigenvalue weighted by molar-refractivity contribution is 5.89. The Bertz CT molecular complexity index is 1060. The van der Waals surface area contributed by atoms with Crippen molar-refractivity contribution in [2.75, 3.05) is 7.11 Å².